The van der Waals surface area contributed by atoms with Crippen LogP contribution >= 0.6 is 0 Å². The fourth-order valence-corrected chi connectivity index (χ4v) is 0.208. The lowest BCUT2D eigenvalue weighted by molar-refractivity contribution is -0.410. The zero-order valence-corrected chi connectivity index (χ0v) is 4.94. The molecule has 0 aliphatic rings. The molecule has 0 atom stereocenters. The standard InChI is InChI=1S/CH8N6O3/c2-6(1-5-9-3)7(8)10-4/h2,4-5,8H,1,3H2/q-2. The van der Waals surface area contributed by atoms with Gasteiger partial charge in [0.15, 0.2) is 0 Å². The van der Waals surface area contributed by atoms with E-state index >= 15 is 0 Å². The molecular formula is CH8N6O3-2. The number of nitrogens with two attached hydrogens (primary N) is 1. The summed E-state index contributed by atoms with van der Waals surface area (Å²) in [5, 5.41) is 8.59. The van der Waals surface area contributed by atoms with E-state index in [4.69, 9.17) is 16.9 Å². The Morgan fingerprint density at radius 3 is 2.70 bits per heavy atom. The van der Waals surface area contributed by atoms with Crippen molar-refractivity contribution in [3.8, 4) is 0 Å². The van der Waals surface area contributed by atoms with E-state index in [1.807, 2.05) is 5.48 Å². The Bertz CT molecular complexity index is 79.4. The zero-order valence-electron chi connectivity index (χ0n) is 4.94. The summed E-state index contributed by atoms with van der Waals surface area (Å²) >= 11 is 0. The Kier molecular flexibility index (Phi) is 5.23. The molecule has 0 amide bonds. The van der Waals surface area contributed by atoms with Crippen LogP contribution in [0.1, 0.15) is 0 Å². The van der Waals surface area contributed by atoms with Gasteiger partial charge in [-0.25, -0.2) is 4.94 Å². The van der Waals surface area contributed by atoms with Gasteiger partial charge in [0.25, 0.3) is 0 Å². The van der Waals surface area contributed by atoms with Crippen LogP contribution in [0.5, 0.6) is 0 Å². The first-order chi connectivity index (χ1) is 4.72. The molecule has 0 radical (unpaired) electrons. The van der Waals surface area contributed by atoms with Crippen molar-refractivity contribution in [1.82, 2.24) is 15.9 Å². The van der Waals surface area contributed by atoms with E-state index in [1.54, 1.807) is 0 Å². The van der Waals surface area contributed by atoms with Crippen molar-refractivity contribution >= 4 is 0 Å². The lowest BCUT2D eigenvalue weighted by Crippen LogP contribution is -2.40. The second-order valence-electron chi connectivity index (χ2n) is 1.16. The van der Waals surface area contributed by atoms with E-state index in [9.17, 15) is 0 Å². The number of hydrogen-bond acceptors (Lipinski definition) is 7. The molecule has 0 heterocycles. The van der Waals surface area contributed by atoms with Gasteiger partial charge >= 0.3 is 0 Å². The molecule has 6 N–H and O–H groups in total. The summed E-state index contributed by atoms with van der Waals surface area (Å²) in [4.78, 5) is 7.29. The number of hydrogen-bond donors (Lipinski definition) is 3. The van der Waals surface area contributed by atoms with Gasteiger partial charge in [0.2, 0.25) is 0 Å². The first kappa shape index (κ1) is 9.64. The van der Waals surface area contributed by atoms with Gasteiger partial charge in [-0.2, -0.15) is 11.4 Å². The smallest absolute Gasteiger partial charge is 0.0738 e. The van der Waals surface area contributed by atoms with E-state index in [0.29, 0.717) is 5.12 Å². The average molecular weight is 152 g/mol. The highest BCUT2D eigenvalue weighted by Crippen LogP contribution is 1.91. The van der Waals surface area contributed by atoms with E-state index in [2.05, 4.69) is 15.8 Å². The summed E-state index contributed by atoms with van der Waals surface area (Å²) in [6, 6.07) is 0. The lowest BCUT2D eigenvalue weighted by Gasteiger charge is -2.33. The highest BCUT2D eigenvalue weighted by atomic mass is 17.0. The van der Waals surface area contributed by atoms with Crippen LogP contribution in [0.2, 0.25) is 0 Å². The minimum atomic E-state index is -0.244. The topological polar surface area (TPSA) is 131 Å². The van der Waals surface area contributed by atoms with Crippen LogP contribution in [-0.2, 0) is 9.88 Å². The molecule has 9 heteroatoms. The molecule has 0 saturated carbocycles. The van der Waals surface area contributed by atoms with Gasteiger partial charge in [-0.3, -0.25) is 10.3 Å². The van der Waals surface area contributed by atoms with Crippen molar-refractivity contribution in [1.29, 1.82) is 0 Å². The molecule has 0 saturated heterocycles. The van der Waals surface area contributed by atoms with Gasteiger partial charge in [0.1, 0.15) is 0 Å². The second-order valence-corrected chi connectivity index (χ2v) is 1.16. The SMILES string of the molecule is [NH-]ON(O)N([NH-])CNON. The summed E-state index contributed by atoms with van der Waals surface area (Å²) in [5.41, 5.74) is 2.01. The molecule has 9 nitrogen and oxygen atoms in total. The maximum Gasteiger partial charge on any atom is 0.0738 e. The number of hydroxylamine groups is 1. The maximum atomic E-state index is 8.38. The molecule has 10 heavy (non-hydrogen) atoms. The number of rotatable bonds is 5. The van der Waals surface area contributed by atoms with Crippen molar-refractivity contribution < 1.29 is 15.1 Å². The number of nitrogens with one attached hydrogen (secondary N) is 3. The summed E-state index contributed by atoms with van der Waals surface area (Å²) in [5.74, 6) is 17.3. The van der Waals surface area contributed by atoms with Crippen LogP contribution in [0, 0.1) is 0 Å². The Morgan fingerprint density at radius 1 is 1.70 bits per heavy atom. The lowest BCUT2D eigenvalue weighted by atomic mass is 11.2. The van der Waals surface area contributed by atoms with Crippen LogP contribution < -0.4 is 11.4 Å². The molecule has 0 fully saturated rings. The van der Waals surface area contributed by atoms with Gasteiger partial charge in [0.05, 0.1) is 6.67 Å². The van der Waals surface area contributed by atoms with Gasteiger partial charge < -0.3 is 16.7 Å². The van der Waals surface area contributed by atoms with Gasteiger partial charge in [-0.05, 0) is 5.34 Å². The van der Waals surface area contributed by atoms with Crippen molar-refractivity contribution in [3.63, 3.8) is 0 Å². The van der Waals surface area contributed by atoms with Crippen LogP contribution in [-0.4, -0.2) is 22.3 Å². The fourth-order valence-electron chi connectivity index (χ4n) is 0.208. The highest BCUT2D eigenvalue weighted by molar-refractivity contribution is 4.36. The fraction of sp³-hybridized carbons (Fsp3) is 1.00. The maximum absolute atomic E-state index is 8.38. The van der Waals surface area contributed by atoms with Crippen molar-refractivity contribution in [2.24, 2.45) is 5.90 Å². The van der Waals surface area contributed by atoms with E-state index < -0.39 is 0 Å². The van der Waals surface area contributed by atoms with Crippen LogP contribution in [0.3, 0.4) is 0 Å². The summed E-state index contributed by atoms with van der Waals surface area (Å²) < 4.78 is 0. The van der Waals surface area contributed by atoms with E-state index in [1.165, 1.54) is 0 Å². The predicted octanol–water partition coefficient (Wildman–Crippen LogP) is -0.887. The number of nitrogens with zero attached hydrogens (tertiary/aromatic N) is 2. The molecule has 0 unspecified atom stereocenters. The van der Waals surface area contributed by atoms with Gasteiger partial charge in [-0.15, -0.1) is 0 Å². The average Bonchev–Trinajstić information content (AvgIpc) is 1.98. The predicted molar refractivity (Wildman–Crippen MR) is 28.5 cm³/mol. The molecule has 0 aliphatic heterocycles. The number of hydrazine groups is 1. The van der Waals surface area contributed by atoms with Crippen molar-refractivity contribution in [2.45, 2.75) is 0 Å². The first-order valence-corrected chi connectivity index (χ1v) is 2.12. The van der Waals surface area contributed by atoms with Gasteiger partial charge in [0, 0.05) is 0 Å². The Morgan fingerprint density at radius 2 is 2.30 bits per heavy atom. The third-order valence-corrected chi connectivity index (χ3v) is 0.586. The van der Waals surface area contributed by atoms with Crippen LogP contribution in [0.15, 0.2) is 0 Å². The molecule has 0 aromatic heterocycles. The largest absolute Gasteiger partial charge is 0.590 e. The summed E-state index contributed by atoms with van der Waals surface area (Å²) in [7, 11) is 0. The van der Waals surface area contributed by atoms with Crippen LogP contribution in [0.4, 0.5) is 0 Å². The Balaban J connectivity index is 3.31. The molecular weight excluding hydrogens is 144 g/mol. The molecule has 0 aliphatic carbocycles. The molecule has 62 valence electrons. The molecule has 0 bridgehead atoms. The van der Waals surface area contributed by atoms with Crippen molar-refractivity contribution in [3.05, 3.63) is 11.7 Å². The monoisotopic (exact) mass is 152 g/mol. The quantitative estimate of drug-likeness (QED) is 0.344. The Labute approximate surface area is 56.6 Å². The highest BCUT2D eigenvalue weighted by Gasteiger charge is 1.95. The first-order valence-electron chi connectivity index (χ1n) is 2.12. The second kappa shape index (κ2) is 5.43. The van der Waals surface area contributed by atoms with E-state index in [0.717, 1.165) is 0 Å². The van der Waals surface area contributed by atoms with Crippen LogP contribution in [0.25, 0.3) is 11.7 Å². The summed E-state index contributed by atoms with van der Waals surface area (Å²) in [6.45, 7) is -0.244. The minimum absolute atomic E-state index is 0.133. The molecule has 0 spiro atoms. The molecule has 0 rings (SSSR count). The summed E-state index contributed by atoms with van der Waals surface area (Å²) in [6.07, 6.45) is 0. The third-order valence-electron chi connectivity index (χ3n) is 0.586. The Hall–Kier alpha value is -0.360. The van der Waals surface area contributed by atoms with Gasteiger partial charge in [-0.1, -0.05) is 0 Å². The zero-order chi connectivity index (χ0) is 7.98. The minimum Gasteiger partial charge on any atom is -0.590 e. The molecule has 0 aromatic rings. The van der Waals surface area contributed by atoms with Crippen molar-refractivity contribution in [2.75, 3.05) is 6.67 Å². The molecule has 0 aromatic carbocycles. The normalized spacial score (nSPS) is 11.4. The third kappa shape index (κ3) is 3.62. The van der Waals surface area contributed by atoms with E-state index in [-0.39, 0.29) is 12.0 Å².